The Bertz CT molecular complexity index is 1330. The first-order valence-electron chi connectivity index (χ1n) is 12.4. The molecule has 2 aromatic heterocycles. The molecule has 2 saturated heterocycles. The maximum Gasteiger partial charge on any atom is 0.251 e. The fourth-order valence-corrected chi connectivity index (χ4v) is 5.70. The molecule has 8 nitrogen and oxygen atoms in total. The van der Waals surface area contributed by atoms with E-state index >= 15 is 0 Å². The lowest BCUT2D eigenvalue weighted by molar-refractivity contribution is -0.0671. The number of phenolic OH excluding ortho intramolecular Hbond substituents is 1. The first kappa shape index (κ1) is 23.0. The minimum atomic E-state index is -2.59. The number of aromatic hydroxyl groups is 1. The van der Waals surface area contributed by atoms with Gasteiger partial charge in [0, 0.05) is 56.3 Å². The van der Waals surface area contributed by atoms with E-state index < -0.39 is 5.92 Å². The number of fused-ring (bicyclic) bond motifs is 2. The fourth-order valence-electron chi connectivity index (χ4n) is 5.70. The summed E-state index contributed by atoms with van der Waals surface area (Å²) >= 11 is 0. The van der Waals surface area contributed by atoms with Gasteiger partial charge in [-0.1, -0.05) is 6.07 Å². The second-order valence-electron chi connectivity index (χ2n) is 10.3. The van der Waals surface area contributed by atoms with Crippen LogP contribution in [0.25, 0.3) is 22.5 Å². The van der Waals surface area contributed by atoms with Crippen molar-refractivity contribution >= 4 is 5.82 Å². The lowest BCUT2D eigenvalue weighted by atomic mass is 9.81. The normalized spacial score (nSPS) is 24.9. The summed E-state index contributed by atoms with van der Waals surface area (Å²) in [5.41, 5.74) is 1.73. The number of nitrogens with one attached hydrogen (secondary N) is 1. The van der Waals surface area contributed by atoms with Crippen LogP contribution in [0.1, 0.15) is 38.5 Å². The van der Waals surface area contributed by atoms with Crippen molar-refractivity contribution in [3.05, 3.63) is 53.1 Å². The van der Waals surface area contributed by atoms with Crippen molar-refractivity contribution in [1.29, 1.82) is 0 Å². The van der Waals surface area contributed by atoms with E-state index in [1.54, 1.807) is 37.6 Å². The summed E-state index contributed by atoms with van der Waals surface area (Å²) < 4.78 is 29.5. The van der Waals surface area contributed by atoms with Gasteiger partial charge in [-0.05, 0) is 55.0 Å². The van der Waals surface area contributed by atoms with Gasteiger partial charge in [0.2, 0.25) is 0 Å². The Morgan fingerprint density at radius 1 is 1.06 bits per heavy atom. The molecule has 1 unspecified atom stereocenters. The second-order valence-corrected chi connectivity index (χ2v) is 10.3. The van der Waals surface area contributed by atoms with Crippen LogP contribution >= 0.6 is 0 Å². The van der Waals surface area contributed by atoms with Gasteiger partial charge in [0.15, 0.2) is 11.6 Å². The number of rotatable bonds is 5. The number of benzene rings is 1. The van der Waals surface area contributed by atoms with Crippen molar-refractivity contribution in [2.45, 2.75) is 68.6 Å². The zero-order valence-corrected chi connectivity index (χ0v) is 19.9. The molecule has 0 radical (unpaired) electrons. The molecule has 3 fully saturated rings. The molecular formula is C26H28F2N6O2. The van der Waals surface area contributed by atoms with Gasteiger partial charge in [-0.2, -0.15) is 0 Å². The molecule has 3 aromatic rings. The van der Waals surface area contributed by atoms with Crippen molar-refractivity contribution in [2.75, 3.05) is 4.90 Å². The van der Waals surface area contributed by atoms with E-state index in [4.69, 9.17) is 0 Å². The smallest absolute Gasteiger partial charge is 0.251 e. The number of hydrogen-bond donors (Lipinski definition) is 2. The van der Waals surface area contributed by atoms with Crippen molar-refractivity contribution in [2.24, 2.45) is 7.05 Å². The zero-order valence-electron chi connectivity index (χ0n) is 19.9. The highest BCUT2D eigenvalue weighted by atomic mass is 19.3. The first-order valence-corrected chi connectivity index (χ1v) is 12.4. The number of nitrogens with zero attached hydrogens (tertiary/aromatic N) is 5. The molecule has 0 spiro atoms. The number of hydrogen-bond acceptors (Lipinski definition) is 7. The monoisotopic (exact) mass is 494 g/mol. The summed E-state index contributed by atoms with van der Waals surface area (Å²) in [4.78, 5) is 18.7. The lowest BCUT2D eigenvalue weighted by Crippen LogP contribution is -2.59. The van der Waals surface area contributed by atoms with Crippen molar-refractivity contribution in [1.82, 2.24) is 25.1 Å². The average molecular weight is 495 g/mol. The Morgan fingerprint density at radius 3 is 2.39 bits per heavy atom. The Balaban J connectivity index is 1.23. The molecule has 36 heavy (non-hydrogen) atoms. The summed E-state index contributed by atoms with van der Waals surface area (Å²) in [6.07, 6.45) is 6.51. The predicted molar refractivity (Wildman–Crippen MR) is 131 cm³/mol. The molecule has 2 bridgehead atoms. The molecule has 1 saturated carbocycles. The molecule has 3 aliphatic rings. The van der Waals surface area contributed by atoms with Gasteiger partial charge in [-0.15, -0.1) is 10.2 Å². The minimum Gasteiger partial charge on any atom is -0.507 e. The highest BCUT2D eigenvalue weighted by Crippen LogP contribution is 2.41. The van der Waals surface area contributed by atoms with Gasteiger partial charge in [0.05, 0.1) is 11.8 Å². The number of aryl methyl sites for hydroxylation is 1. The van der Waals surface area contributed by atoms with E-state index in [9.17, 15) is 18.7 Å². The third-order valence-electron chi connectivity index (χ3n) is 7.50. The number of pyridine rings is 1. The van der Waals surface area contributed by atoms with Crippen LogP contribution in [-0.2, 0) is 7.05 Å². The van der Waals surface area contributed by atoms with E-state index in [1.807, 2.05) is 6.07 Å². The number of halogens is 2. The quantitative estimate of drug-likeness (QED) is 0.561. The van der Waals surface area contributed by atoms with Gasteiger partial charge in [0.1, 0.15) is 5.75 Å². The van der Waals surface area contributed by atoms with Crippen LogP contribution in [-0.4, -0.2) is 54.9 Å². The maximum absolute atomic E-state index is 14.0. The predicted octanol–water partition coefficient (Wildman–Crippen LogP) is 3.50. The van der Waals surface area contributed by atoms with Gasteiger partial charge in [0.25, 0.3) is 11.5 Å². The largest absolute Gasteiger partial charge is 0.507 e. The topological polar surface area (TPSA) is 96.2 Å². The van der Waals surface area contributed by atoms with Crippen LogP contribution in [0.15, 0.2) is 47.5 Å². The van der Waals surface area contributed by atoms with Crippen molar-refractivity contribution in [3.8, 4) is 28.3 Å². The summed E-state index contributed by atoms with van der Waals surface area (Å²) in [5.74, 6) is -1.65. The maximum atomic E-state index is 14.0. The van der Waals surface area contributed by atoms with Gasteiger partial charge in [-0.3, -0.25) is 4.79 Å². The Kier molecular flexibility index (Phi) is 5.51. The lowest BCUT2D eigenvalue weighted by Gasteiger charge is -2.47. The Morgan fingerprint density at radius 2 is 1.78 bits per heavy atom. The van der Waals surface area contributed by atoms with E-state index in [2.05, 4.69) is 25.4 Å². The number of piperidine rings is 2. The van der Waals surface area contributed by atoms with Crippen LogP contribution in [0.3, 0.4) is 0 Å². The first-order chi connectivity index (χ1) is 17.3. The van der Waals surface area contributed by atoms with Crippen LogP contribution in [0.4, 0.5) is 14.6 Å². The number of aromatic nitrogens is 4. The standard InChI is InChI=1S/C26H28F2N6O2/c1-33-7-6-16(9-24(33)36)15-2-5-21(22(35)8-15)25-29-14-23(31-32-25)34(19-3-4-19)20-10-17-12-26(27,28)13-18(11-20)30-17/h2,5-9,14,17-20,30,35H,3-4,10-13H2,1H3/t17-,18+,20?. The molecular weight excluding hydrogens is 466 g/mol. The second kappa shape index (κ2) is 8.62. The van der Waals surface area contributed by atoms with Crippen LogP contribution < -0.4 is 15.8 Å². The third kappa shape index (κ3) is 4.45. The third-order valence-corrected chi connectivity index (χ3v) is 7.50. The Labute approximate surface area is 207 Å². The molecule has 3 atom stereocenters. The van der Waals surface area contributed by atoms with Crippen LogP contribution in [0.5, 0.6) is 5.75 Å². The van der Waals surface area contributed by atoms with E-state index in [1.165, 1.54) is 10.6 Å². The van der Waals surface area contributed by atoms with Gasteiger partial charge in [-0.25, -0.2) is 13.8 Å². The fraction of sp³-hybridized carbons (Fsp3) is 0.462. The zero-order chi connectivity index (χ0) is 25.0. The summed E-state index contributed by atoms with van der Waals surface area (Å²) in [6.45, 7) is 0. The molecule has 2 aliphatic heterocycles. The van der Waals surface area contributed by atoms with E-state index in [-0.39, 0.29) is 42.3 Å². The van der Waals surface area contributed by atoms with Crippen molar-refractivity contribution < 1.29 is 13.9 Å². The van der Waals surface area contributed by atoms with E-state index in [0.29, 0.717) is 47.2 Å². The molecule has 1 aromatic carbocycles. The minimum absolute atomic E-state index is 0.00566. The highest BCUT2D eigenvalue weighted by molar-refractivity contribution is 5.72. The molecule has 2 N–H and O–H groups in total. The summed E-state index contributed by atoms with van der Waals surface area (Å²) in [7, 11) is 1.68. The van der Waals surface area contributed by atoms with Gasteiger partial charge >= 0.3 is 0 Å². The molecule has 4 heterocycles. The number of anilines is 1. The molecule has 1 aliphatic carbocycles. The Hall–Kier alpha value is -3.40. The van der Waals surface area contributed by atoms with E-state index in [0.717, 1.165) is 12.8 Å². The number of phenols is 1. The highest BCUT2D eigenvalue weighted by Gasteiger charge is 2.48. The molecule has 188 valence electrons. The average Bonchev–Trinajstić information content (AvgIpc) is 3.65. The van der Waals surface area contributed by atoms with Gasteiger partial charge < -0.3 is 19.9 Å². The van der Waals surface area contributed by atoms with Crippen LogP contribution in [0.2, 0.25) is 0 Å². The molecule has 6 rings (SSSR count). The molecule has 0 amide bonds. The van der Waals surface area contributed by atoms with Crippen molar-refractivity contribution in [3.63, 3.8) is 0 Å². The van der Waals surface area contributed by atoms with Crippen LogP contribution in [0, 0.1) is 0 Å². The summed E-state index contributed by atoms with van der Waals surface area (Å²) in [6, 6.07) is 8.50. The number of alkyl halides is 2. The summed E-state index contributed by atoms with van der Waals surface area (Å²) in [5, 5.41) is 22.8. The molecule has 10 heteroatoms. The SMILES string of the molecule is Cn1ccc(-c2ccc(-c3ncc(N(C4CC4)C4C[C@@H]5CC(F)(F)C[C@H](C4)N5)nn3)c(O)c2)cc1=O.